The van der Waals surface area contributed by atoms with Crippen LogP contribution in [0.1, 0.15) is 78.1 Å². The molecule has 0 aromatic carbocycles. The fourth-order valence-electron chi connectivity index (χ4n) is 5.05. The summed E-state index contributed by atoms with van der Waals surface area (Å²) in [7, 11) is 0. The van der Waals surface area contributed by atoms with Crippen LogP contribution in [0.5, 0.6) is 0 Å². The quantitative estimate of drug-likeness (QED) is 0.521. The summed E-state index contributed by atoms with van der Waals surface area (Å²) in [5.41, 5.74) is 1.78. The lowest BCUT2D eigenvalue weighted by Crippen LogP contribution is -2.30. The van der Waals surface area contributed by atoms with Crippen molar-refractivity contribution in [1.29, 1.82) is 0 Å². The number of hydrogen-bond donors (Lipinski definition) is 0. The maximum atomic E-state index is 13.5. The monoisotopic (exact) mass is 292 g/mol. The summed E-state index contributed by atoms with van der Waals surface area (Å²) >= 11 is 0. The van der Waals surface area contributed by atoms with Crippen molar-refractivity contribution in [3.63, 3.8) is 0 Å². The van der Waals surface area contributed by atoms with Crippen LogP contribution < -0.4 is 0 Å². The predicted octanol–water partition coefficient (Wildman–Crippen LogP) is 6.31. The molecule has 2 fully saturated rings. The SMILES string of the molecule is CCC[C@H]1C=C(C2CCC(F)CC2)[C@@H](C2CC2)CC1CC. The molecule has 0 nitrogen and oxygen atoms in total. The Bertz CT molecular complexity index is 360. The lowest BCUT2D eigenvalue weighted by Gasteiger charge is -2.40. The van der Waals surface area contributed by atoms with Gasteiger partial charge in [-0.3, -0.25) is 0 Å². The molecule has 3 atom stereocenters. The van der Waals surface area contributed by atoms with E-state index in [2.05, 4.69) is 19.9 Å². The standard InChI is InChI=1S/C20H33F/c1-3-5-17-13-20(16-8-10-18(21)11-9-16)19(15-6-7-15)12-14(17)4-2/h13-19H,3-12H2,1-2H3/t14?,16?,17-,18?,19+/m0/s1. The van der Waals surface area contributed by atoms with Gasteiger partial charge in [0.2, 0.25) is 0 Å². The predicted molar refractivity (Wildman–Crippen MR) is 87.9 cm³/mol. The summed E-state index contributed by atoms with van der Waals surface area (Å²) in [4.78, 5) is 0. The molecular formula is C20H33F. The van der Waals surface area contributed by atoms with Crippen LogP contribution in [0.4, 0.5) is 4.39 Å². The van der Waals surface area contributed by atoms with Gasteiger partial charge in [-0.05, 0) is 81.0 Å². The van der Waals surface area contributed by atoms with Crippen molar-refractivity contribution < 1.29 is 4.39 Å². The molecule has 3 rings (SSSR count). The Balaban J connectivity index is 1.78. The Kier molecular flexibility index (Phi) is 5.07. The molecule has 3 aliphatic rings. The Morgan fingerprint density at radius 1 is 1.05 bits per heavy atom. The molecule has 3 aliphatic carbocycles. The van der Waals surface area contributed by atoms with Crippen LogP contribution in [-0.2, 0) is 0 Å². The smallest absolute Gasteiger partial charge is 0.100 e. The van der Waals surface area contributed by atoms with Gasteiger partial charge in [0.05, 0.1) is 0 Å². The summed E-state index contributed by atoms with van der Waals surface area (Å²) in [5.74, 6) is 4.30. The average molecular weight is 292 g/mol. The molecule has 120 valence electrons. The first-order chi connectivity index (χ1) is 10.2. The van der Waals surface area contributed by atoms with Crippen LogP contribution in [0.3, 0.4) is 0 Å². The Morgan fingerprint density at radius 3 is 2.33 bits per heavy atom. The zero-order valence-electron chi connectivity index (χ0n) is 14.0. The van der Waals surface area contributed by atoms with Gasteiger partial charge in [-0.15, -0.1) is 0 Å². The third kappa shape index (κ3) is 3.54. The minimum absolute atomic E-state index is 0.514. The van der Waals surface area contributed by atoms with E-state index < -0.39 is 6.17 Å². The molecule has 0 aliphatic heterocycles. The maximum absolute atomic E-state index is 13.5. The van der Waals surface area contributed by atoms with Crippen LogP contribution in [0.25, 0.3) is 0 Å². The van der Waals surface area contributed by atoms with Crippen molar-refractivity contribution in [1.82, 2.24) is 0 Å². The van der Waals surface area contributed by atoms with Gasteiger partial charge in [-0.1, -0.05) is 38.3 Å². The Labute approximate surface area is 130 Å². The lowest BCUT2D eigenvalue weighted by molar-refractivity contribution is 0.194. The highest BCUT2D eigenvalue weighted by atomic mass is 19.1. The molecule has 0 aromatic rings. The van der Waals surface area contributed by atoms with E-state index in [4.69, 9.17) is 0 Å². The van der Waals surface area contributed by atoms with Gasteiger partial charge in [0.1, 0.15) is 6.17 Å². The van der Waals surface area contributed by atoms with Crippen molar-refractivity contribution >= 4 is 0 Å². The summed E-state index contributed by atoms with van der Waals surface area (Å²) in [5, 5.41) is 0. The summed E-state index contributed by atoms with van der Waals surface area (Å²) in [6.07, 6.45) is 14.4. The highest BCUT2D eigenvalue weighted by Gasteiger charge is 2.41. The van der Waals surface area contributed by atoms with Crippen molar-refractivity contribution in [2.45, 2.75) is 84.2 Å². The van der Waals surface area contributed by atoms with E-state index >= 15 is 0 Å². The molecule has 0 spiro atoms. The highest BCUT2D eigenvalue weighted by Crippen LogP contribution is 2.52. The molecule has 0 heterocycles. The molecule has 1 unspecified atom stereocenters. The van der Waals surface area contributed by atoms with Gasteiger partial charge < -0.3 is 0 Å². The first-order valence-electron chi connectivity index (χ1n) is 9.58. The zero-order chi connectivity index (χ0) is 14.8. The summed E-state index contributed by atoms with van der Waals surface area (Å²) in [6, 6.07) is 0. The largest absolute Gasteiger partial charge is 0.247 e. The maximum Gasteiger partial charge on any atom is 0.100 e. The van der Waals surface area contributed by atoms with Crippen molar-refractivity contribution in [3.8, 4) is 0 Å². The molecule has 21 heavy (non-hydrogen) atoms. The van der Waals surface area contributed by atoms with Crippen molar-refractivity contribution in [3.05, 3.63) is 11.6 Å². The lowest BCUT2D eigenvalue weighted by atomic mass is 9.65. The molecule has 0 bridgehead atoms. The minimum atomic E-state index is -0.514. The number of alkyl halides is 1. The van der Waals surface area contributed by atoms with E-state index in [0.717, 1.165) is 55.3 Å². The van der Waals surface area contributed by atoms with Gasteiger partial charge in [0.15, 0.2) is 0 Å². The molecule has 0 aromatic heterocycles. The fraction of sp³-hybridized carbons (Fsp3) is 0.900. The van der Waals surface area contributed by atoms with Crippen LogP contribution in [0.2, 0.25) is 0 Å². The molecule has 0 radical (unpaired) electrons. The number of halogens is 1. The Hall–Kier alpha value is -0.330. The second kappa shape index (κ2) is 6.84. The molecule has 0 amide bonds. The van der Waals surface area contributed by atoms with Gasteiger partial charge in [-0.25, -0.2) is 4.39 Å². The van der Waals surface area contributed by atoms with Crippen LogP contribution >= 0.6 is 0 Å². The summed E-state index contributed by atoms with van der Waals surface area (Å²) in [6.45, 7) is 4.70. The van der Waals surface area contributed by atoms with E-state index in [1.54, 1.807) is 5.57 Å². The zero-order valence-corrected chi connectivity index (χ0v) is 14.0. The van der Waals surface area contributed by atoms with Crippen molar-refractivity contribution in [2.75, 3.05) is 0 Å². The molecule has 0 N–H and O–H groups in total. The molecule has 1 heteroatoms. The van der Waals surface area contributed by atoms with Crippen molar-refractivity contribution in [2.24, 2.45) is 29.6 Å². The second-order valence-corrected chi connectivity index (χ2v) is 7.92. The second-order valence-electron chi connectivity index (χ2n) is 7.92. The highest BCUT2D eigenvalue weighted by molar-refractivity contribution is 5.20. The van der Waals surface area contributed by atoms with E-state index in [1.807, 2.05) is 0 Å². The average Bonchev–Trinajstić information content (AvgIpc) is 3.33. The minimum Gasteiger partial charge on any atom is -0.247 e. The molecule has 2 saturated carbocycles. The number of allylic oxidation sites excluding steroid dienone is 2. The van der Waals surface area contributed by atoms with Gasteiger partial charge in [0, 0.05) is 0 Å². The van der Waals surface area contributed by atoms with Crippen LogP contribution in [0, 0.1) is 29.6 Å². The van der Waals surface area contributed by atoms with Gasteiger partial charge in [0.25, 0.3) is 0 Å². The van der Waals surface area contributed by atoms with Crippen LogP contribution in [-0.4, -0.2) is 6.17 Å². The Morgan fingerprint density at radius 2 is 1.76 bits per heavy atom. The topological polar surface area (TPSA) is 0 Å². The fourth-order valence-corrected chi connectivity index (χ4v) is 5.05. The molecule has 0 saturated heterocycles. The normalized spacial score (nSPS) is 40.9. The van der Waals surface area contributed by atoms with E-state index in [0.29, 0.717) is 0 Å². The first kappa shape index (κ1) is 15.6. The first-order valence-corrected chi connectivity index (χ1v) is 9.58. The number of rotatable bonds is 5. The number of hydrogen-bond acceptors (Lipinski definition) is 0. The van der Waals surface area contributed by atoms with E-state index in [1.165, 1.54) is 38.5 Å². The molecular weight excluding hydrogens is 259 g/mol. The third-order valence-corrected chi connectivity index (χ3v) is 6.46. The van der Waals surface area contributed by atoms with Gasteiger partial charge >= 0.3 is 0 Å². The third-order valence-electron chi connectivity index (χ3n) is 6.46. The van der Waals surface area contributed by atoms with E-state index in [9.17, 15) is 4.39 Å². The van der Waals surface area contributed by atoms with E-state index in [-0.39, 0.29) is 0 Å². The van der Waals surface area contributed by atoms with Crippen LogP contribution in [0.15, 0.2) is 11.6 Å². The summed E-state index contributed by atoms with van der Waals surface area (Å²) < 4.78 is 13.5. The van der Waals surface area contributed by atoms with Gasteiger partial charge in [-0.2, -0.15) is 0 Å².